The SMILES string of the molecule is CC1CCCc2nc(S(=O)(=O)N3CC4(CCC4)C3C3CCCO3)cn21. The van der Waals surface area contributed by atoms with Gasteiger partial charge in [-0.2, -0.15) is 4.31 Å². The standard InChI is InChI=1S/C18H27N3O3S/c1-13-5-2-7-15-19-16(11-20(13)15)25(22,23)21-12-18(8-4-9-18)17(21)14-6-3-10-24-14/h11,13-14,17H,2-10,12H2,1H3. The lowest BCUT2D eigenvalue weighted by molar-refractivity contribution is -0.131. The van der Waals surface area contributed by atoms with Gasteiger partial charge in [0.2, 0.25) is 0 Å². The van der Waals surface area contributed by atoms with Gasteiger partial charge < -0.3 is 9.30 Å². The predicted octanol–water partition coefficient (Wildman–Crippen LogP) is 2.50. The summed E-state index contributed by atoms with van der Waals surface area (Å²) in [5.41, 5.74) is 0.175. The Balaban J connectivity index is 1.47. The summed E-state index contributed by atoms with van der Waals surface area (Å²) >= 11 is 0. The largest absolute Gasteiger partial charge is 0.377 e. The molecular formula is C18H27N3O3S. The first-order valence-electron chi connectivity index (χ1n) is 9.72. The molecule has 0 aromatic carbocycles. The van der Waals surface area contributed by atoms with Crippen molar-refractivity contribution in [3.63, 3.8) is 0 Å². The van der Waals surface area contributed by atoms with Crippen LogP contribution in [0.3, 0.4) is 0 Å². The van der Waals surface area contributed by atoms with Crippen molar-refractivity contribution in [2.75, 3.05) is 13.2 Å². The highest BCUT2D eigenvalue weighted by atomic mass is 32.2. The van der Waals surface area contributed by atoms with Crippen LogP contribution in [-0.4, -0.2) is 47.6 Å². The molecule has 6 nitrogen and oxygen atoms in total. The minimum atomic E-state index is -3.53. The van der Waals surface area contributed by atoms with E-state index in [1.807, 2.05) is 0 Å². The maximum absolute atomic E-state index is 13.3. The van der Waals surface area contributed by atoms with Gasteiger partial charge in [0, 0.05) is 37.2 Å². The first-order valence-corrected chi connectivity index (χ1v) is 11.2. The fraction of sp³-hybridized carbons (Fsp3) is 0.833. The van der Waals surface area contributed by atoms with Crippen LogP contribution in [-0.2, 0) is 21.2 Å². The molecule has 0 radical (unpaired) electrons. The molecular weight excluding hydrogens is 338 g/mol. The Hall–Kier alpha value is -0.920. The third-order valence-corrected chi connectivity index (χ3v) is 8.63. The van der Waals surface area contributed by atoms with Gasteiger partial charge in [0.15, 0.2) is 5.03 Å². The second-order valence-electron chi connectivity index (χ2n) is 8.41. The first kappa shape index (κ1) is 16.3. The van der Waals surface area contributed by atoms with E-state index in [-0.39, 0.29) is 22.6 Å². The molecule has 1 aromatic rings. The van der Waals surface area contributed by atoms with Crippen LogP contribution in [0.25, 0.3) is 0 Å². The van der Waals surface area contributed by atoms with Gasteiger partial charge >= 0.3 is 0 Å². The molecule has 7 heteroatoms. The number of rotatable bonds is 3. The monoisotopic (exact) mass is 365 g/mol. The number of aryl methyl sites for hydroxylation is 1. The van der Waals surface area contributed by atoms with E-state index < -0.39 is 10.0 Å². The van der Waals surface area contributed by atoms with Crippen molar-refractivity contribution in [2.24, 2.45) is 5.41 Å². The van der Waals surface area contributed by atoms with Crippen LogP contribution in [0.5, 0.6) is 0 Å². The Morgan fingerprint density at radius 2 is 2.08 bits per heavy atom. The van der Waals surface area contributed by atoms with Crippen molar-refractivity contribution in [2.45, 2.75) is 81.5 Å². The number of imidazole rings is 1. The smallest absolute Gasteiger partial charge is 0.262 e. The number of sulfonamides is 1. The summed E-state index contributed by atoms with van der Waals surface area (Å²) in [6.45, 7) is 3.56. The molecule has 25 heavy (non-hydrogen) atoms. The quantitative estimate of drug-likeness (QED) is 0.826. The molecule has 1 aliphatic carbocycles. The van der Waals surface area contributed by atoms with Crippen LogP contribution in [0.1, 0.15) is 63.7 Å². The van der Waals surface area contributed by atoms with Gasteiger partial charge in [-0.05, 0) is 45.4 Å². The van der Waals surface area contributed by atoms with Crippen molar-refractivity contribution < 1.29 is 13.2 Å². The molecule has 2 saturated heterocycles. The van der Waals surface area contributed by atoms with E-state index in [9.17, 15) is 8.42 Å². The molecule has 0 amide bonds. The van der Waals surface area contributed by atoms with E-state index in [1.165, 1.54) is 6.42 Å². The van der Waals surface area contributed by atoms with Gasteiger partial charge in [-0.15, -0.1) is 0 Å². The molecule has 3 aliphatic heterocycles. The zero-order valence-corrected chi connectivity index (χ0v) is 15.7. The number of hydrogen-bond donors (Lipinski definition) is 0. The van der Waals surface area contributed by atoms with Gasteiger partial charge in [0.25, 0.3) is 10.0 Å². The predicted molar refractivity (Wildman–Crippen MR) is 92.8 cm³/mol. The summed E-state index contributed by atoms with van der Waals surface area (Å²) in [6, 6.07) is 0.355. The van der Waals surface area contributed by atoms with Gasteiger partial charge in [-0.3, -0.25) is 0 Å². The molecule has 3 unspecified atom stereocenters. The maximum atomic E-state index is 13.3. The third kappa shape index (κ3) is 2.28. The fourth-order valence-electron chi connectivity index (χ4n) is 5.36. The number of fused-ring (bicyclic) bond motifs is 1. The number of hydrogen-bond acceptors (Lipinski definition) is 4. The molecule has 4 aliphatic rings. The van der Waals surface area contributed by atoms with E-state index in [0.29, 0.717) is 12.6 Å². The minimum absolute atomic E-state index is 0.0184. The second kappa shape index (κ2) is 5.54. The topological polar surface area (TPSA) is 64.4 Å². The molecule has 3 fully saturated rings. The molecule has 1 spiro atoms. The summed E-state index contributed by atoms with van der Waals surface area (Å²) in [4.78, 5) is 4.52. The summed E-state index contributed by atoms with van der Waals surface area (Å²) in [5, 5.41) is 0.244. The van der Waals surface area contributed by atoms with Crippen LogP contribution in [0.2, 0.25) is 0 Å². The van der Waals surface area contributed by atoms with Gasteiger partial charge in [-0.1, -0.05) is 6.42 Å². The molecule has 138 valence electrons. The zero-order chi connectivity index (χ0) is 17.2. The maximum Gasteiger partial charge on any atom is 0.262 e. The van der Waals surface area contributed by atoms with Crippen molar-refractivity contribution >= 4 is 10.0 Å². The molecule has 1 aromatic heterocycles. The lowest BCUT2D eigenvalue weighted by atomic mass is 9.58. The van der Waals surface area contributed by atoms with Gasteiger partial charge in [0.05, 0.1) is 12.1 Å². The minimum Gasteiger partial charge on any atom is -0.377 e. The number of ether oxygens (including phenoxy) is 1. The van der Waals surface area contributed by atoms with Crippen LogP contribution in [0.4, 0.5) is 0 Å². The molecule has 5 rings (SSSR count). The van der Waals surface area contributed by atoms with Crippen LogP contribution in [0, 0.1) is 5.41 Å². The average Bonchev–Trinajstić information content (AvgIpc) is 3.14. The fourth-order valence-corrected chi connectivity index (χ4v) is 7.15. The Morgan fingerprint density at radius 3 is 2.72 bits per heavy atom. The Kier molecular flexibility index (Phi) is 3.60. The Labute approximate surface area is 149 Å². The van der Waals surface area contributed by atoms with Gasteiger partial charge in [0.1, 0.15) is 5.82 Å². The summed E-state index contributed by atoms with van der Waals surface area (Å²) < 4.78 is 36.3. The van der Waals surface area contributed by atoms with E-state index >= 15 is 0 Å². The molecule has 1 saturated carbocycles. The Bertz CT molecular complexity index is 777. The highest BCUT2D eigenvalue weighted by Gasteiger charge is 2.63. The summed E-state index contributed by atoms with van der Waals surface area (Å²) in [7, 11) is -3.53. The Morgan fingerprint density at radius 1 is 1.24 bits per heavy atom. The zero-order valence-electron chi connectivity index (χ0n) is 14.9. The molecule has 0 bridgehead atoms. The summed E-state index contributed by atoms with van der Waals surface area (Å²) in [5.74, 6) is 0.921. The normalized spacial score (nSPS) is 34.5. The average molecular weight is 365 g/mol. The van der Waals surface area contributed by atoms with Gasteiger partial charge in [-0.25, -0.2) is 13.4 Å². The van der Waals surface area contributed by atoms with Crippen LogP contribution in [0.15, 0.2) is 11.2 Å². The lowest BCUT2D eigenvalue weighted by Gasteiger charge is -2.62. The first-order chi connectivity index (χ1) is 12.0. The van der Waals surface area contributed by atoms with E-state index in [1.54, 1.807) is 10.5 Å². The van der Waals surface area contributed by atoms with Crippen LogP contribution < -0.4 is 0 Å². The summed E-state index contributed by atoms with van der Waals surface area (Å²) in [6.07, 6.45) is 10.4. The third-order valence-electron chi connectivity index (χ3n) is 6.93. The van der Waals surface area contributed by atoms with E-state index in [2.05, 4.69) is 16.5 Å². The lowest BCUT2D eigenvalue weighted by Crippen LogP contribution is -2.72. The molecule has 3 atom stereocenters. The highest BCUT2D eigenvalue weighted by Crippen LogP contribution is 2.57. The van der Waals surface area contributed by atoms with Crippen molar-refractivity contribution in [1.29, 1.82) is 0 Å². The second-order valence-corrected chi connectivity index (χ2v) is 10.2. The number of aromatic nitrogens is 2. The van der Waals surface area contributed by atoms with Crippen molar-refractivity contribution in [3.05, 3.63) is 12.0 Å². The molecule has 0 N–H and O–H groups in total. The van der Waals surface area contributed by atoms with Crippen molar-refractivity contribution in [3.8, 4) is 0 Å². The highest BCUT2D eigenvalue weighted by molar-refractivity contribution is 7.89. The van der Waals surface area contributed by atoms with Crippen molar-refractivity contribution in [1.82, 2.24) is 13.9 Å². The van der Waals surface area contributed by atoms with E-state index in [0.717, 1.165) is 57.4 Å². The number of nitrogens with zero attached hydrogens (tertiary/aromatic N) is 3. The molecule has 4 heterocycles. The van der Waals surface area contributed by atoms with Crippen LogP contribution >= 0.6 is 0 Å². The van der Waals surface area contributed by atoms with E-state index in [4.69, 9.17) is 4.74 Å².